The normalized spacial score (nSPS) is 20.6. The van der Waals surface area contributed by atoms with E-state index in [9.17, 15) is 0 Å². The largest absolute Gasteiger partial charge is 0.495 e. The van der Waals surface area contributed by atoms with E-state index in [1.807, 2.05) is 28.9 Å². The van der Waals surface area contributed by atoms with Crippen molar-refractivity contribution in [3.8, 4) is 5.75 Å². The molecule has 0 amide bonds. The van der Waals surface area contributed by atoms with Crippen LogP contribution < -0.4 is 4.74 Å². The fourth-order valence-corrected chi connectivity index (χ4v) is 2.24. The first-order valence-electron chi connectivity index (χ1n) is 6.01. The third-order valence-corrected chi connectivity index (χ3v) is 3.19. The quantitative estimate of drug-likeness (QED) is 0.798. The molecule has 2 aromatic rings. The van der Waals surface area contributed by atoms with Crippen molar-refractivity contribution >= 4 is 5.65 Å². The van der Waals surface area contributed by atoms with Gasteiger partial charge in [0.2, 0.25) is 0 Å². The molecule has 0 bridgehead atoms. The summed E-state index contributed by atoms with van der Waals surface area (Å²) in [6.07, 6.45) is 7.60. The first-order chi connectivity index (χ1) is 8.36. The molecule has 1 saturated heterocycles. The Labute approximate surface area is 100 Å². The summed E-state index contributed by atoms with van der Waals surface area (Å²) in [7, 11) is 1.67. The lowest BCUT2D eigenvalue weighted by molar-refractivity contribution is 0.0126. The molecule has 3 heterocycles. The van der Waals surface area contributed by atoms with E-state index >= 15 is 0 Å². The summed E-state index contributed by atoms with van der Waals surface area (Å²) in [6, 6.07) is 3.89. The molecular weight excluding hydrogens is 216 g/mol. The summed E-state index contributed by atoms with van der Waals surface area (Å²) < 4.78 is 12.9. The van der Waals surface area contributed by atoms with Crippen molar-refractivity contribution in [2.75, 3.05) is 13.7 Å². The van der Waals surface area contributed by atoms with Gasteiger partial charge in [0.25, 0.3) is 0 Å². The van der Waals surface area contributed by atoms with Gasteiger partial charge >= 0.3 is 0 Å². The minimum atomic E-state index is 0.162. The molecule has 3 rings (SSSR count). The van der Waals surface area contributed by atoms with Crippen LogP contribution in [0.3, 0.4) is 0 Å². The third-order valence-electron chi connectivity index (χ3n) is 3.19. The maximum Gasteiger partial charge on any atom is 0.137 e. The number of imidazole rings is 1. The number of hydrogen-bond donors (Lipinski definition) is 0. The highest BCUT2D eigenvalue weighted by Gasteiger charge is 2.18. The number of nitrogens with zero attached hydrogens (tertiary/aromatic N) is 2. The maximum absolute atomic E-state index is 5.74. The van der Waals surface area contributed by atoms with Crippen molar-refractivity contribution in [1.29, 1.82) is 0 Å². The molecule has 0 N–H and O–H groups in total. The third kappa shape index (κ3) is 2.00. The van der Waals surface area contributed by atoms with Gasteiger partial charge in [-0.15, -0.1) is 0 Å². The molecule has 2 aromatic heterocycles. The Morgan fingerprint density at radius 2 is 2.29 bits per heavy atom. The molecule has 1 aliphatic rings. The maximum atomic E-state index is 5.74. The lowest BCUT2D eigenvalue weighted by Crippen LogP contribution is -2.11. The van der Waals surface area contributed by atoms with Crippen LogP contribution in [0.1, 0.15) is 31.1 Å². The number of rotatable bonds is 2. The first kappa shape index (κ1) is 10.6. The Balaban J connectivity index is 1.95. The van der Waals surface area contributed by atoms with Crippen LogP contribution in [0.2, 0.25) is 0 Å². The molecule has 4 nitrogen and oxygen atoms in total. The van der Waals surface area contributed by atoms with Crippen molar-refractivity contribution in [2.45, 2.75) is 25.4 Å². The van der Waals surface area contributed by atoms with Gasteiger partial charge in [0.15, 0.2) is 0 Å². The Kier molecular flexibility index (Phi) is 2.73. The van der Waals surface area contributed by atoms with Gasteiger partial charge < -0.3 is 13.9 Å². The van der Waals surface area contributed by atoms with Crippen molar-refractivity contribution in [3.63, 3.8) is 0 Å². The van der Waals surface area contributed by atoms with E-state index in [-0.39, 0.29) is 6.10 Å². The molecule has 90 valence electrons. The summed E-state index contributed by atoms with van der Waals surface area (Å²) >= 11 is 0. The van der Waals surface area contributed by atoms with Crippen LogP contribution >= 0.6 is 0 Å². The predicted molar refractivity (Wildman–Crippen MR) is 64.3 cm³/mol. The van der Waals surface area contributed by atoms with Crippen LogP contribution in [0.5, 0.6) is 5.75 Å². The fraction of sp³-hybridized carbons (Fsp3) is 0.462. The average molecular weight is 232 g/mol. The van der Waals surface area contributed by atoms with Crippen LogP contribution in [-0.2, 0) is 4.74 Å². The van der Waals surface area contributed by atoms with Gasteiger partial charge in [0.05, 0.1) is 19.0 Å². The van der Waals surface area contributed by atoms with Crippen molar-refractivity contribution in [1.82, 2.24) is 9.38 Å². The van der Waals surface area contributed by atoms with Crippen LogP contribution in [0.15, 0.2) is 24.5 Å². The molecule has 1 unspecified atom stereocenters. The van der Waals surface area contributed by atoms with Crippen molar-refractivity contribution in [3.05, 3.63) is 30.2 Å². The van der Waals surface area contributed by atoms with E-state index in [0.29, 0.717) is 0 Å². The Morgan fingerprint density at radius 3 is 3.06 bits per heavy atom. The van der Waals surface area contributed by atoms with Gasteiger partial charge in [-0.1, -0.05) is 0 Å². The van der Waals surface area contributed by atoms with Gasteiger partial charge in [-0.3, -0.25) is 0 Å². The van der Waals surface area contributed by atoms with Crippen LogP contribution in [0, 0.1) is 0 Å². The standard InChI is InChI=1S/C13H16N2O2/c1-16-10-5-6-13-14-11(9-15(13)8-10)12-4-2-3-7-17-12/h5-6,8-9,12H,2-4,7H2,1H3. The first-order valence-corrected chi connectivity index (χ1v) is 6.01. The fourth-order valence-electron chi connectivity index (χ4n) is 2.24. The number of aromatic nitrogens is 2. The highest BCUT2D eigenvalue weighted by atomic mass is 16.5. The van der Waals surface area contributed by atoms with Gasteiger partial charge in [-0.2, -0.15) is 0 Å². The van der Waals surface area contributed by atoms with E-state index in [0.717, 1.165) is 36.5 Å². The second kappa shape index (κ2) is 4.37. The van der Waals surface area contributed by atoms with E-state index in [4.69, 9.17) is 9.47 Å². The van der Waals surface area contributed by atoms with Crippen molar-refractivity contribution < 1.29 is 9.47 Å². The molecule has 0 spiro atoms. The molecule has 1 aliphatic heterocycles. The number of pyridine rings is 1. The zero-order chi connectivity index (χ0) is 11.7. The van der Waals surface area contributed by atoms with Crippen molar-refractivity contribution in [2.24, 2.45) is 0 Å². The molecule has 0 aromatic carbocycles. The second-order valence-corrected chi connectivity index (χ2v) is 4.36. The molecule has 1 atom stereocenters. The van der Waals surface area contributed by atoms with Gasteiger partial charge in [-0.05, 0) is 31.4 Å². The summed E-state index contributed by atoms with van der Waals surface area (Å²) in [5, 5.41) is 0. The predicted octanol–water partition coefficient (Wildman–Crippen LogP) is 2.58. The summed E-state index contributed by atoms with van der Waals surface area (Å²) in [4.78, 5) is 4.59. The Hall–Kier alpha value is -1.55. The smallest absolute Gasteiger partial charge is 0.137 e. The molecule has 0 saturated carbocycles. The van der Waals surface area contributed by atoms with Gasteiger partial charge in [-0.25, -0.2) is 4.98 Å². The van der Waals surface area contributed by atoms with E-state index in [2.05, 4.69) is 4.98 Å². The van der Waals surface area contributed by atoms with Gasteiger partial charge in [0, 0.05) is 12.8 Å². The minimum absolute atomic E-state index is 0.162. The molecule has 0 radical (unpaired) electrons. The summed E-state index contributed by atoms with van der Waals surface area (Å²) in [5.74, 6) is 0.839. The summed E-state index contributed by atoms with van der Waals surface area (Å²) in [6.45, 7) is 0.849. The van der Waals surface area contributed by atoms with E-state index < -0.39 is 0 Å². The van der Waals surface area contributed by atoms with Crippen LogP contribution in [-0.4, -0.2) is 23.1 Å². The lowest BCUT2D eigenvalue weighted by atomic mass is 10.1. The Morgan fingerprint density at radius 1 is 1.35 bits per heavy atom. The monoisotopic (exact) mass is 232 g/mol. The number of fused-ring (bicyclic) bond motifs is 1. The van der Waals surface area contributed by atoms with Crippen LogP contribution in [0.25, 0.3) is 5.65 Å². The highest BCUT2D eigenvalue weighted by Crippen LogP contribution is 2.27. The number of methoxy groups -OCH3 is 1. The molecular formula is C13H16N2O2. The number of hydrogen-bond acceptors (Lipinski definition) is 3. The SMILES string of the molecule is COc1ccc2nc(C3CCCCO3)cn2c1. The van der Waals surface area contributed by atoms with E-state index in [1.165, 1.54) is 6.42 Å². The zero-order valence-electron chi connectivity index (χ0n) is 9.93. The average Bonchev–Trinajstić information content (AvgIpc) is 2.82. The van der Waals surface area contributed by atoms with E-state index in [1.54, 1.807) is 7.11 Å². The molecule has 1 fully saturated rings. The lowest BCUT2D eigenvalue weighted by Gasteiger charge is -2.20. The number of ether oxygens (including phenoxy) is 2. The second-order valence-electron chi connectivity index (χ2n) is 4.36. The highest BCUT2D eigenvalue weighted by molar-refractivity contribution is 5.43. The van der Waals surface area contributed by atoms with Crippen LogP contribution in [0.4, 0.5) is 0 Å². The minimum Gasteiger partial charge on any atom is -0.495 e. The zero-order valence-corrected chi connectivity index (χ0v) is 9.93. The van der Waals surface area contributed by atoms with Gasteiger partial charge in [0.1, 0.15) is 17.5 Å². The molecule has 17 heavy (non-hydrogen) atoms. The molecule has 4 heteroatoms. The molecule has 0 aliphatic carbocycles. The summed E-state index contributed by atoms with van der Waals surface area (Å²) in [5.41, 5.74) is 1.97. The topological polar surface area (TPSA) is 35.8 Å². The Bertz CT molecular complexity index is 515.